The zero-order valence-electron chi connectivity index (χ0n) is 45.1. The predicted molar refractivity (Wildman–Crippen MR) is 270 cm³/mol. The van der Waals surface area contributed by atoms with Gasteiger partial charge in [0.2, 0.25) is 17.7 Å². The summed E-state index contributed by atoms with van der Waals surface area (Å²) in [7, 11) is 6.47. The highest BCUT2D eigenvalue weighted by molar-refractivity contribution is 6.01. The monoisotopic (exact) mass is 1030 g/mol. The molecule has 0 saturated carbocycles. The van der Waals surface area contributed by atoms with Gasteiger partial charge in [-0.05, 0) is 95.0 Å². The summed E-state index contributed by atoms with van der Waals surface area (Å²) in [6, 6.07) is 4.67. The number of carbonyl (C=O) groups is 8. The van der Waals surface area contributed by atoms with E-state index in [0.717, 1.165) is 18.4 Å². The smallest absolute Gasteiger partial charge is 0.333 e. The number of rotatable bonds is 30. The number of phenolic OH excluding ortho intramolecular Hbond substituents is 1. The van der Waals surface area contributed by atoms with Crippen LogP contribution in [0.15, 0.2) is 24.3 Å². The SMILES string of the molecule is CC[C@H](C)[C@@H]([C@@H](CC(=O)N1CCC[C@H]1[C@H](OC)[C@@H](C)C(=O)C[C@@H](Cc1ccc(O)cc1)C(=O)N1CCCCO1)OC)N(C)C(=O)[C@@H](CC(=O)C([C@@H](C)O)N(C)CCCCCC(=O)ON1C(=O)CCC1=O)C(C)C. The van der Waals surface area contributed by atoms with E-state index in [1.165, 1.54) is 26.2 Å². The summed E-state index contributed by atoms with van der Waals surface area (Å²) in [4.78, 5) is 123. The summed E-state index contributed by atoms with van der Waals surface area (Å²) >= 11 is 0. The van der Waals surface area contributed by atoms with Gasteiger partial charge in [0.05, 0.1) is 55.4 Å². The first-order chi connectivity index (χ1) is 34.6. The molecule has 0 aromatic heterocycles. The molecule has 3 aliphatic rings. The van der Waals surface area contributed by atoms with Gasteiger partial charge in [0, 0.05) is 78.3 Å². The molecule has 19 nitrogen and oxygen atoms in total. The Bertz CT molecular complexity index is 1990. The maximum atomic E-state index is 14.7. The Morgan fingerprint density at radius 2 is 1.51 bits per heavy atom. The number of methoxy groups -OCH3 is 2. The number of unbranched alkanes of at least 4 members (excludes halogenated alkanes) is 2. The number of likely N-dealkylation sites (tertiary alicyclic amines) is 1. The highest BCUT2D eigenvalue weighted by Gasteiger charge is 2.44. The van der Waals surface area contributed by atoms with Gasteiger partial charge in [0.1, 0.15) is 11.5 Å². The molecule has 3 heterocycles. The number of likely N-dealkylation sites (N-methyl/N-ethyl adjacent to an activating group) is 2. The van der Waals surface area contributed by atoms with Crippen molar-refractivity contribution in [3.63, 3.8) is 0 Å². The molecule has 10 atom stereocenters. The van der Waals surface area contributed by atoms with Gasteiger partial charge in [-0.2, -0.15) is 0 Å². The molecule has 0 radical (unpaired) electrons. The summed E-state index contributed by atoms with van der Waals surface area (Å²) in [5, 5.41) is 22.6. The lowest BCUT2D eigenvalue weighted by Crippen LogP contribution is -2.54. The summed E-state index contributed by atoms with van der Waals surface area (Å²) in [5.41, 5.74) is 0.793. The molecule has 4 rings (SSSR count). The van der Waals surface area contributed by atoms with Crippen molar-refractivity contribution in [3.05, 3.63) is 29.8 Å². The van der Waals surface area contributed by atoms with Gasteiger partial charge < -0.3 is 34.3 Å². The molecule has 73 heavy (non-hydrogen) atoms. The number of hydrogen-bond acceptors (Lipinski definition) is 15. The van der Waals surface area contributed by atoms with Crippen LogP contribution in [0, 0.1) is 29.6 Å². The molecule has 3 saturated heterocycles. The number of ketones is 2. The fourth-order valence-electron chi connectivity index (χ4n) is 10.7. The van der Waals surface area contributed by atoms with Crippen LogP contribution < -0.4 is 0 Å². The lowest BCUT2D eigenvalue weighted by molar-refractivity contribution is -0.201. The molecule has 5 amide bonds. The minimum atomic E-state index is -1.05. The first kappa shape index (κ1) is 60.7. The summed E-state index contributed by atoms with van der Waals surface area (Å²) in [6.07, 6.45) is 2.75. The topological polar surface area (TPSA) is 230 Å². The Morgan fingerprint density at radius 1 is 0.836 bits per heavy atom. The Balaban J connectivity index is 1.41. The third-order valence-electron chi connectivity index (χ3n) is 15.2. The first-order valence-electron chi connectivity index (χ1n) is 26.5. The lowest BCUT2D eigenvalue weighted by Gasteiger charge is -2.41. The molecule has 1 unspecified atom stereocenters. The number of nitrogens with zero attached hydrogens (tertiary/aromatic N) is 5. The number of amides is 5. The second-order valence-electron chi connectivity index (χ2n) is 20.9. The van der Waals surface area contributed by atoms with Crippen molar-refractivity contribution in [2.24, 2.45) is 29.6 Å². The summed E-state index contributed by atoms with van der Waals surface area (Å²) in [5.74, 6) is -5.42. The van der Waals surface area contributed by atoms with E-state index in [-0.39, 0.29) is 91.8 Å². The van der Waals surface area contributed by atoms with E-state index in [9.17, 15) is 48.6 Å². The zero-order chi connectivity index (χ0) is 54.1. The van der Waals surface area contributed by atoms with Crippen LogP contribution in [-0.2, 0) is 63.9 Å². The van der Waals surface area contributed by atoms with Crippen LogP contribution in [0.5, 0.6) is 5.75 Å². The molecule has 410 valence electrons. The van der Waals surface area contributed by atoms with Gasteiger partial charge in [-0.25, -0.2) is 9.86 Å². The maximum absolute atomic E-state index is 14.7. The Hall–Kier alpha value is -4.82. The van der Waals surface area contributed by atoms with Crippen molar-refractivity contribution in [3.8, 4) is 5.75 Å². The van der Waals surface area contributed by atoms with Crippen LogP contribution in [0.4, 0.5) is 0 Å². The second kappa shape index (κ2) is 29.3. The van der Waals surface area contributed by atoms with Gasteiger partial charge in [-0.15, -0.1) is 5.06 Å². The number of hydrogen-bond donors (Lipinski definition) is 2. The van der Waals surface area contributed by atoms with Crippen molar-refractivity contribution in [2.45, 2.75) is 174 Å². The van der Waals surface area contributed by atoms with Gasteiger partial charge in [-0.3, -0.25) is 43.3 Å². The zero-order valence-corrected chi connectivity index (χ0v) is 45.1. The molecule has 0 aliphatic carbocycles. The van der Waals surface area contributed by atoms with Gasteiger partial charge in [0.15, 0.2) is 5.78 Å². The van der Waals surface area contributed by atoms with E-state index in [1.807, 2.05) is 27.7 Å². The first-order valence-corrected chi connectivity index (χ1v) is 26.5. The number of aromatic hydroxyl groups is 1. The molecular weight excluding hydrogens is 943 g/mol. The van der Waals surface area contributed by atoms with E-state index < -0.39 is 72.0 Å². The van der Waals surface area contributed by atoms with E-state index >= 15 is 0 Å². The number of aliphatic hydroxyl groups excluding tert-OH is 1. The molecular formula is C54H85N5O14. The highest BCUT2D eigenvalue weighted by Crippen LogP contribution is 2.32. The number of Topliss-reactive ketones (excluding diaryl/α,β-unsaturated/α-hetero) is 2. The average Bonchev–Trinajstić information content (AvgIpc) is 3.98. The number of phenols is 1. The number of aliphatic hydroxyl groups is 1. The van der Waals surface area contributed by atoms with E-state index in [2.05, 4.69) is 0 Å². The normalized spacial score (nSPS) is 20.1. The van der Waals surface area contributed by atoms with Crippen molar-refractivity contribution < 1.29 is 67.7 Å². The molecule has 19 heteroatoms. The standard InChI is InChI=1S/C54H85N5O14/c1-11-35(4)50(56(8)54(69)41(34(2)3)32-44(63)51(37(6)60)55(7)26-14-12-13-19-49(67)73-59-46(64)24-25-47(59)65)45(70-9)33-48(66)57-27-17-18-42(57)52(71-10)36(5)43(62)31-39(30-38-20-22-40(61)23-21-38)53(68)58-28-15-16-29-72-58/h20-23,34-37,39,41-42,45,50-52,60-61H,11-19,24-33H2,1-10H3/t35-,36-,37+,39+,41-,42-,45+,50-,51?,52+/m0/s1. The van der Waals surface area contributed by atoms with Gasteiger partial charge >= 0.3 is 5.97 Å². The van der Waals surface area contributed by atoms with Crippen molar-refractivity contribution in [1.82, 2.24) is 24.8 Å². The number of hydroxylamine groups is 4. The maximum Gasteiger partial charge on any atom is 0.333 e. The minimum absolute atomic E-state index is 0.00206. The van der Waals surface area contributed by atoms with E-state index in [1.54, 1.807) is 60.0 Å². The Kier molecular flexibility index (Phi) is 24.4. The van der Waals surface area contributed by atoms with Gasteiger partial charge in [0.25, 0.3) is 11.8 Å². The molecule has 3 fully saturated rings. The molecule has 1 aromatic rings. The molecule has 2 N–H and O–H groups in total. The average molecular weight is 1030 g/mol. The van der Waals surface area contributed by atoms with Crippen LogP contribution in [0.25, 0.3) is 0 Å². The van der Waals surface area contributed by atoms with Crippen molar-refractivity contribution in [1.29, 1.82) is 0 Å². The lowest BCUT2D eigenvalue weighted by atomic mass is 9.84. The van der Waals surface area contributed by atoms with E-state index in [4.69, 9.17) is 19.1 Å². The van der Waals surface area contributed by atoms with Crippen LogP contribution in [0.1, 0.15) is 137 Å². The number of imide groups is 1. The largest absolute Gasteiger partial charge is 0.508 e. The third kappa shape index (κ3) is 16.8. The fourth-order valence-corrected chi connectivity index (χ4v) is 10.7. The molecule has 0 spiro atoms. The minimum Gasteiger partial charge on any atom is -0.508 e. The van der Waals surface area contributed by atoms with Crippen LogP contribution in [0.3, 0.4) is 0 Å². The van der Waals surface area contributed by atoms with Crippen LogP contribution >= 0.6 is 0 Å². The van der Waals surface area contributed by atoms with Crippen molar-refractivity contribution >= 4 is 47.1 Å². The Morgan fingerprint density at radius 3 is 2.08 bits per heavy atom. The Labute approximate surface area is 432 Å². The predicted octanol–water partition coefficient (Wildman–Crippen LogP) is 5.06. The second-order valence-corrected chi connectivity index (χ2v) is 20.9. The van der Waals surface area contributed by atoms with Gasteiger partial charge in [-0.1, -0.05) is 59.6 Å². The molecule has 1 aromatic carbocycles. The van der Waals surface area contributed by atoms with Crippen LogP contribution in [0.2, 0.25) is 0 Å². The summed E-state index contributed by atoms with van der Waals surface area (Å²) < 4.78 is 12.1. The number of carbonyl (C=O) groups excluding carboxylic acids is 8. The highest BCUT2D eigenvalue weighted by atomic mass is 16.7. The van der Waals surface area contributed by atoms with Crippen LogP contribution in [-0.4, -0.2) is 173 Å². The quantitative estimate of drug-likeness (QED) is 0.0758. The summed E-state index contributed by atoms with van der Waals surface area (Å²) in [6.45, 7) is 12.8. The van der Waals surface area contributed by atoms with E-state index in [0.29, 0.717) is 69.8 Å². The van der Waals surface area contributed by atoms with Crippen molar-refractivity contribution in [2.75, 3.05) is 54.6 Å². The fraction of sp³-hybridized carbons (Fsp3) is 0.741. The number of benzene rings is 1. The molecule has 3 aliphatic heterocycles. The third-order valence-corrected chi connectivity index (χ3v) is 15.2. The molecule has 0 bridgehead atoms. The number of ether oxygens (including phenoxy) is 2.